The van der Waals surface area contributed by atoms with Gasteiger partial charge in [-0.25, -0.2) is 13.8 Å². The van der Waals surface area contributed by atoms with E-state index in [2.05, 4.69) is 9.97 Å². The number of aryl methyl sites for hydroxylation is 1. The van der Waals surface area contributed by atoms with Gasteiger partial charge in [0.25, 0.3) is 0 Å². The number of carbonyl (C=O) groups is 1. The SMILES string of the molecule is Cc1nc(CN2CC(OCc3ccncc3)CN(Cc3ccc(F)cc3F)CC2=O)cs1. The number of hydrogen-bond donors (Lipinski definition) is 0. The summed E-state index contributed by atoms with van der Waals surface area (Å²) in [7, 11) is 0. The Labute approximate surface area is 189 Å². The predicted molar refractivity (Wildman–Crippen MR) is 117 cm³/mol. The molecule has 32 heavy (non-hydrogen) atoms. The second-order valence-corrected chi connectivity index (χ2v) is 8.89. The van der Waals surface area contributed by atoms with Crippen molar-refractivity contribution in [2.24, 2.45) is 0 Å². The van der Waals surface area contributed by atoms with Gasteiger partial charge in [0.1, 0.15) is 11.6 Å². The highest BCUT2D eigenvalue weighted by atomic mass is 32.1. The zero-order valence-corrected chi connectivity index (χ0v) is 18.5. The van der Waals surface area contributed by atoms with Crippen LogP contribution in [0, 0.1) is 18.6 Å². The monoisotopic (exact) mass is 458 g/mol. The number of aromatic nitrogens is 2. The van der Waals surface area contributed by atoms with Gasteiger partial charge in [0, 0.05) is 49.0 Å². The Hall–Kier alpha value is -2.75. The normalized spacial score (nSPS) is 17.5. The summed E-state index contributed by atoms with van der Waals surface area (Å²) < 4.78 is 33.7. The largest absolute Gasteiger partial charge is 0.370 e. The molecule has 1 aliphatic heterocycles. The van der Waals surface area contributed by atoms with Gasteiger partial charge in [-0.3, -0.25) is 14.7 Å². The summed E-state index contributed by atoms with van der Waals surface area (Å²) in [5.74, 6) is -1.32. The molecule has 0 N–H and O–H groups in total. The highest BCUT2D eigenvalue weighted by molar-refractivity contribution is 7.09. The number of ether oxygens (including phenoxy) is 1. The van der Waals surface area contributed by atoms with E-state index in [0.717, 1.165) is 22.3 Å². The predicted octanol–water partition coefficient (Wildman–Crippen LogP) is 3.55. The first-order valence-electron chi connectivity index (χ1n) is 10.3. The molecular weight excluding hydrogens is 434 g/mol. The number of thiazole rings is 1. The molecule has 1 aromatic carbocycles. The van der Waals surface area contributed by atoms with E-state index in [1.165, 1.54) is 12.1 Å². The molecule has 3 aromatic rings. The van der Waals surface area contributed by atoms with Gasteiger partial charge >= 0.3 is 0 Å². The fourth-order valence-corrected chi connectivity index (χ4v) is 4.29. The Morgan fingerprint density at radius 2 is 1.97 bits per heavy atom. The fraction of sp³-hybridized carbons (Fsp3) is 0.348. The molecule has 0 saturated carbocycles. The van der Waals surface area contributed by atoms with E-state index < -0.39 is 11.6 Å². The first-order valence-corrected chi connectivity index (χ1v) is 11.2. The van der Waals surface area contributed by atoms with E-state index in [0.29, 0.717) is 31.8 Å². The van der Waals surface area contributed by atoms with E-state index in [4.69, 9.17) is 4.74 Å². The van der Waals surface area contributed by atoms with Gasteiger partial charge in [0.2, 0.25) is 5.91 Å². The summed E-state index contributed by atoms with van der Waals surface area (Å²) in [4.78, 5) is 25.1. The zero-order chi connectivity index (χ0) is 22.5. The van der Waals surface area contributed by atoms with Gasteiger partial charge in [0.15, 0.2) is 0 Å². The van der Waals surface area contributed by atoms with E-state index in [1.807, 2.05) is 29.3 Å². The van der Waals surface area contributed by atoms with Crippen LogP contribution < -0.4 is 0 Å². The van der Waals surface area contributed by atoms with Gasteiger partial charge in [-0.05, 0) is 30.7 Å². The van der Waals surface area contributed by atoms with Gasteiger partial charge in [-0.1, -0.05) is 6.07 Å². The van der Waals surface area contributed by atoms with Crippen molar-refractivity contribution >= 4 is 17.2 Å². The van der Waals surface area contributed by atoms with Crippen LogP contribution >= 0.6 is 11.3 Å². The highest BCUT2D eigenvalue weighted by Crippen LogP contribution is 2.18. The Bertz CT molecular complexity index is 1060. The molecular formula is C23H24F2N4O2S. The second kappa shape index (κ2) is 10.2. The Morgan fingerprint density at radius 1 is 1.16 bits per heavy atom. The van der Waals surface area contributed by atoms with Gasteiger partial charge in [-0.2, -0.15) is 0 Å². The van der Waals surface area contributed by atoms with Crippen molar-refractivity contribution in [2.45, 2.75) is 32.7 Å². The maximum absolute atomic E-state index is 14.2. The molecule has 9 heteroatoms. The van der Waals surface area contributed by atoms with Crippen molar-refractivity contribution in [2.75, 3.05) is 19.6 Å². The third-order valence-corrected chi connectivity index (χ3v) is 6.08. The van der Waals surface area contributed by atoms with Crippen LogP contribution in [0.1, 0.15) is 21.8 Å². The number of amides is 1. The third-order valence-electron chi connectivity index (χ3n) is 5.26. The lowest BCUT2D eigenvalue weighted by Gasteiger charge is -2.24. The van der Waals surface area contributed by atoms with E-state index in [-0.39, 0.29) is 25.1 Å². The van der Waals surface area contributed by atoms with Gasteiger partial charge in [-0.15, -0.1) is 11.3 Å². The average Bonchev–Trinajstić information content (AvgIpc) is 3.11. The Morgan fingerprint density at radius 3 is 2.69 bits per heavy atom. The standard InChI is InChI=1S/C23H24F2N4O2S/c1-16-27-20(15-32-16)10-29-12-21(31-14-17-4-6-26-7-5-17)11-28(13-23(29)30)9-18-2-3-19(24)8-22(18)25/h2-8,15,21H,9-14H2,1H3. The molecule has 1 amide bonds. The molecule has 6 nitrogen and oxygen atoms in total. The van der Waals surface area contributed by atoms with Gasteiger partial charge < -0.3 is 9.64 Å². The zero-order valence-electron chi connectivity index (χ0n) is 17.7. The average molecular weight is 459 g/mol. The molecule has 0 bridgehead atoms. The number of pyridine rings is 1. The molecule has 168 valence electrons. The molecule has 2 aromatic heterocycles. The van der Waals surface area contributed by atoms with Crippen molar-refractivity contribution in [3.05, 3.63) is 81.6 Å². The lowest BCUT2D eigenvalue weighted by Crippen LogP contribution is -2.37. The summed E-state index contributed by atoms with van der Waals surface area (Å²) in [6, 6.07) is 7.27. The lowest BCUT2D eigenvalue weighted by atomic mass is 10.2. The van der Waals surface area contributed by atoms with Crippen LogP contribution in [0.5, 0.6) is 0 Å². The maximum atomic E-state index is 14.2. The number of carbonyl (C=O) groups excluding carboxylic acids is 1. The van der Waals surface area contributed by atoms with Crippen LogP contribution in [-0.2, 0) is 29.2 Å². The van der Waals surface area contributed by atoms with Crippen molar-refractivity contribution in [3.63, 3.8) is 0 Å². The molecule has 0 aliphatic carbocycles. The highest BCUT2D eigenvalue weighted by Gasteiger charge is 2.29. The third kappa shape index (κ3) is 5.93. The summed E-state index contributed by atoms with van der Waals surface area (Å²) in [6.07, 6.45) is 3.13. The molecule has 1 fully saturated rings. The lowest BCUT2D eigenvalue weighted by molar-refractivity contribution is -0.132. The smallest absolute Gasteiger partial charge is 0.237 e. The van der Waals surface area contributed by atoms with Crippen molar-refractivity contribution in [1.82, 2.24) is 19.8 Å². The fourth-order valence-electron chi connectivity index (χ4n) is 3.69. The van der Waals surface area contributed by atoms with E-state index in [1.54, 1.807) is 28.6 Å². The summed E-state index contributed by atoms with van der Waals surface area (Å²) >= 11 is 1.54. The minimum atomic E-state index is -0.624. The topological polar surface area (TPSA) is 58.6 Å². The first kappa shape index (κ1) is 22.4. The second-order valence-electron chi connectivity index (χ2n) is 7.83. The van der Waals surface area contributed by atoms with Crippen molar-refractivity contribution in [3.8, 4) is 0 Å². The van der Waals surface area contributed by atoms with Crippen molar-refractivity contribution in [1.29, 1.82) is 0 Å². The number of rotatable bonds is 7. The molecule has 4 rings (SSSR count). The number of halogens is 2. The molecule has 1 atom stereocenters. The molecule has 3 heterocycles. The maximum Gasteiger partial charge on any atom is 0.237 e. The summed E-state index contributed by atoms with van der Waals surface area (Å²) in [5, 5.41) is 2.90. The first-order chi connectivity index (χ1) is 15.5. The Kier molecular flexibility index (Phi) is 7.19. The molecule has 1 unspecified atom stereocenters. The quantitative estimate of drug-likeness (QED) is 0.542. The molecule has 0 radical (unpaired) electrons. The molecule has 1 saturated heterocycles. The minimum absolute atomic E-state index is 0.0758. The van der Waals surface area contributed by atoms with Crippen LogP contribution in [-0.4, -0.2) is 51.4 Å². The van der Waals surface area contributed by atoms with Gasteiger partial charge in [0.05, 0.1) is 36.5 Å². The minimum Gasteiger partial charge on any atom is -0.370 e. The van der Waals surface area contributed by atoms with Crippen LogP contribution in [0.3, 0.4) is 0 Å². The number of benzene rings is 1. The van der Waals surface area contributed by atoms with Crippen LogP contribution in [0.15, 0.2) is 48.1 Å². The van der Waals surface area contributed by atoms with Crippen LogP contribution in [0.4, 0.5) is 8.78 Å². The number of hydrogen-bond acceptors (Lipinski definition) is 6. The summed E-state index contributed by atoms with van der Waals surface area (Å²) in [6.45, 7) is 3.87. The molecule has 1 aliphatic rings. The number of nitrogens with zero attached hydrogens (tertiary/aromatic N) is 4. The Balaban J connectivity index is 1.50. The molecule has 0 spiro atoms. The van der Waals surface area contributed by atoms with Crippen molar-refractivity contribution < 1.29 is 18.3 Å². The van der Waals surface area contributed by atoms with Crippen LogP contribution in [0.25, 0.3) is 0 Å². The van der Waals surface area contributed by atoms with E-state index >= 15 is 0 Å². The van der Waals surface area contributed by atoms with Crippen LogP contribution in [0.2, 0.25) is 0 Å². The summed E-state index contributed by atoms with van der Waals surface area (Å²) in [5.41, 5.74) is 2.16. The van der Waals surface area contributed by atoms with E-state index in [9.17, 15) is 13.6 Å².